The Morgan fingerprint density at radius 2 is 1.94 bits per heavy atom. The molecule has 0 aromatic rings. The molecule has 98 valence electrons. The van der Waals surface area contributed by atoms with Crippen LogP contribution in [0.4, 0.5) is 0 Å². The Hall–Kier alpha value is -0.120. The summed E-state index contributed by atoms with van der Waals surface area (Å²) in [5.74, 6) is 0.675. The predicted octanol–water partition coefficient (Wildman–Crippen LogP) is 2.45. The quantitative estimate of drug-likeness (QED) is 0.554. The largest absolute Gasteiger partial charge is 0.385 e. The van der Waals surface area contributed by atoms with Gasteiger partial charge in [-0.25, -0.2) is 0 Å². The molecule has 0 saturated heterocycles. The molecule has 0 aliphatic rings. The van der Waals surface area contributed by atoms with Gasteiger partial charge in [0, 0.05) is 26.4 Å². The molecule has 2 atom stereocenters. The van der Waals surface area contributed by atoms with Crippen LogP contribution in [0.3, 0.4) is 0 Å². The topological polar surface area (TPSA) is 30.5 Å². The molecule has 3 heteroatoms. The first kappa shape index (κ1) is 15.9. The summed E-state index contributed by atoms with van der Waals surface area (Å²) < 4.78 is 10.7. The molecule has 0 fully saturated rings. The lowest BCUT2D eigenvalue weighted by Crippen LogP contribution is -2.39. The van der Waals surface area contributed by atoms with E-state index in [1.165, 1.54) is 12.8 Å². The lowest BCUT2D eigenvalue weighted by molar-refractivity contribution is 0.0759. The summed E-state index contributed by atoms with van der Waals surface area (Å²) in [4.78, 5) is 0. The lowest BCUT2D eigenvalue weighted by Gasteiger charge is -2.24. The first-order valence-electron chi connectivity index (χ1n) is 6.56. The predicted molar refractivity (Wildman–Crippen MR) is 68.8 cm³/mol. The molecule has 0 heterocycles. The number of methoxy groups -OCH3 is 1. The number of hydrogen-bond acceptors (Lipinski definition) is 3. The van der Waals surface area contributed by atoms with Crippen LogP contribution in [0.15, 0.2) is 0 Å². The highest BCUT2D eigenvalue weighted by Gasteiger charge is 2.14. The summed E-state index contributed by atoms with van der Waals surface area (Å²) in [5.41, 5.74) is 0. The second-order valence-electron chi connectivity index (χ2n) is 4.37. The van der Waals surface area contributed by atoms with Crippen LogP contribution in [0.1, 0.15) is 40.0 Å². The zero-order chi connectivity index (χ0) is 12.2. The molecule has 3 nitrogen and oxygen atoms in total. The highest BCUT2D eigenvalue weighted by molar-refractivity contribution is 4.71. The van der Waals surface area contributed by atoms with Gasteiger partial charge in [0.1, 0.15) is 0 Å². The van der Waals surface area contributed by atoms with E-state index in [2.05, 4.69) is 26.1 Å². The molecule has 0 radical (unpaired) electrons. The second-order valence-corrected chi connectivity index (χ2v) is 4.37. The van der Waals surface area contributed by atoms with Gasteiger partial charge in [0.25, 0.3) is 0 Å². The van der Waals surface area contributed by atoms with Crippen LogP contribution in [-0.2, 0) is 9.47 Å². The van der Waals surface area contributed by atoms with Crippen molar-refractivity contribution in [3.63, 3.8) is 0 Å². The minimum Gasteiger partial charge on any atom is -0.385 e. The molecule has 1 N–H and O–H groups in total. The zero-order valence-corrected chi connectivity index (χ0v) is 11.4. The van der Waals surface area contributed by atoms with Gasteiger partial charge in [-0.2, -0.15) is 0 Å². The van der Waals surface area contributed by atoms with Gasteiger partial charge in [0.2, 0.25) is 0 Å². The Balaban J connectivity index is 3.65. The summed E-state index contributed by atoms with van der Waals surface area (Å²) in [6, 6.07) is 0.493. The van der Waals surface area contributed by atoms with Gasteiger partial charge < -0.3 is 14.8 Å². The third-order valence-corrected chi connectivity index (χ3v) is 2.92. The van der Waals surface area contributed by atoms with E-state index in [1.54, 1.807) is 7.11 Å². The molecule has 2 unspecified atom stereocenters. The van der Waals surface area contributed by atoms with Crippen molar-refractivity contribution in [2.24, 2.45) is 5.92 Å². The van der Waals surface area contributed by atoms with E-state index in [0.29, 0.717) is 12.0 Å². The SMILES string of the molecule is CCCNC(COCCCOC)C(C)CC. The smallest absolute Gasteiger partial charge is 0.0622 e. The first-order chi connectivity index (χ1) is 7.76. The lowest BCUT2D eigenvalue weighted by atomic mass is 10.00. The molecule has 16 heavy (non-hydrogen) atoms. The highest BCUT2D eigenvalue weighted by atomic mass is 16.5. The third-order valence-electron chi connectivity index (χ3n) is 2.92. The molecule has 0 bridgehead atoms. The van der Waals surface area contributed by atoms with E-state index in [1.807, 2.05) is 0 Å². The monoisotopic (exact) mass is 231 g/mol. The molecular formula is C13H29NO2. The summed E-state index contributed by atoms with van der Waals surface area (Å²) in [5, 5.41) is 3.55. The Kier molecular flexibility index (Phi) is 11.3. The van der Waals surface area contributed by atoms with Crippen molar-refractivity contribution in [1.82, 2.24) is 5.32 Å². The fourth-order valence-electron chi connectivity index (χ4n) is 1.55. The van der Waals surface area contributed by atoms with Crippen molar-refractivity contribution < 1.29 is 9.47 Å². The molecule has 0 aliphatic carbocycles. The maximum absolute atomic E-state index is 5.68. The maximum Gasteiger partial charge on any atom is 0.0622 e. The molecule has 0 amide bonds. The van der Waals surface area contributed by atoms with Crippen molar-refractivity contribution in [1.29, 1.82) is 0 Å². The Morgan fingerprint density at radius 1 is 1.19 bits per heavy atom. The summed E-state index contributed by atoms with van der Waals surface area (Å²) in [6.07, 6.45) is 3.36. The van der Waals surface area contributed by atoms with Crippen LogP contribution in [0.5, 0.6) is 0 Å². The van der Waals surface area contributed by atoms with Gasteiger partial charge in [0.15, 0.2) is 0 Å². The van der Waals surface area contributed by atoms with Crippen LogP contribution in [0, 0.1) is 5.92 Å². The molecule has 0 aromatic heterocycles. The molecule has 0 aliphatic heterocycles. The molecule has 0 saturated carbocycles. The number of ether oxygens (including phenoxy) is 2. The van der Waals surface area contributed by atoms with Crippen molar-refractivity contribution in [3.05, 3.63) is 0 Å². The van der Waals surface area contributed by atoms with Gasteiger partial charge in [0.05, 0.1) is 6.61 Å². The normalized spacial score (nSPS) is 15.0. The summed E-state index contributed by atoms with van der Waals surface area (Å²) in [7, 11) is 1.73. The van der Waals surface area contributed by atoms with E-state index in [4.69, 9.17) is 9.47 Å². The van der Waals surface area contributed by atoms with Crippen molar-refractivity contribution in [2.45, 2.75) is 46.1 Å². The van der Waals surface area contributed by atoms with Crippen molar-refractivity contribution in [3.8, 4) is 0 Å². The van der Waals surface area contributed by atoms with Crippen molar-refractivity contribution >= 4 is 0 Å². The minimum absolute atomic E-state index is 0.493. The van der Waals surface area contributed by atoms with Crippen LogP contribution in [0.25, 0.3) is 0 Å². The fourth-order valence-corrected chi connectivity index (χ4v) is 1.55. The van der Waals surface area contributed by atoms with Crippen LogP contribution in [-0.4, -0.2) is 39.5 Å². The average Bonchev–Trinajstić information content (AvgIpc) is 2.31. The molecule has 0 aromatic carbocycles. The van der Waals surface area contributed by atoms with E-state index in [9.17, 15) is 0 Å². The van der Waals surface area contributed by atoms with Crippen LogP contribution < -0.4 is 5.32 Å². The van der Waals surface area contributed by atoms with E-state index >= 15 is 0 Å². The fraction of sp³-hybridized carbons (Fsp3) is 1.00. The molecular weight excluding hydrogens is 202 g/mol. The number of nitrogens with one attached hydrogen (secondary N) is 1. The number of hydrogen-bond donors (Lipinski definition) is 1. The van der Waals surface area contributed by atoms with Crippen molar-refractivity contribution in [2.75, 3.05) is 33.5 Å². The molecule has 0 spiro atoms. The zero-order valence-electron chi connectivity index (χ0n) is 11.4. The Bertz CT molecular complexity index is 142. The Morgan fingerprint density at radius 3 is 2.50 bits per heavy atom. The van der Waals surface area contributed by atoms with Gasteiger partial charge in [-0.05, 0) is 25.3 Å². The Labute approximate surface area is 101 Å². The highest BCUT2D eigenvalue weighted by Crippen LogP contribution is 2.08. The van der Waals surface area contributed by atoms with Gasteiger partial charge in [-0.3, -0.25) is 0 Å². The minimum atomic E-state index is 0.493. The van der Waals surface area contributed by atoms with Gasteiger partial charge in [-0.1, -0.05) is 27.2 Å². The average molecular weight is 231 g/mol. The van der Waals surface area contributed by atoms with E-state index in [-0.39, 0.29) is 0 Å². The number of rotatable bonds is 11. The maximum atomic E-state index is 5.68. The summed E-state index contributed by atoms with van der Waals surface area (Å²) in [6.45, 7) is 10.2. The van der Waals surface area contributed by atoms with Gasteiger partial charge >= 0.3 is 0 Å². The second kappa shape index (κ2) is 11.4. The van der Waals surface area contributed by atoms with Gasteiger partial charge in [-0.15, -0.1) is 0 Å². The van der Waals surface area contributed by atoms with Crippen LogP contribution in [0.2, 0.25) is 0 Å². The standard InChI is InChI=1S/C13H29NO2/c1-5-8-14-13(12(3)6-2)11-16-10-7-9-15-4/h12-14H,5-11H2,1-4H3. The molecule has 0 rings (SSSR count). The van der Waals surface area contributed by atoms with E-state index < -0.39 is 0 Å². The summed E-state index contributed by atoms with van der Waals surface area (Å²) >= 11 is 0. The van der Waals surface area contributed by atoms with E-state index in [0.717, 1.165) is 32.8 Å². The van der Waals surface area contributed by atoms with Crippen LogP contribution >= 0.6 is 0 Å². The first-order valence-corrected chi connectivity index (χ1v) is 6.56. The third kappa shape index (κ3) is 8.08.